The van der Waals surface area contributed by atoms with E-state index in [-0.39, 0.29) is 17.4 Å². The summed E-state index contributed by atoms with van der Waals surface area (Å²) in [6.45, 7) is 3.90. The summed E-state index contributed by atoms with van der Waals surface area (Å²) in [5.41, 5.74) is 2.85. The van der Waals surface area contributed by atoms with Crippen LogP contribution in [0, 0.1) is 13.8 Å². The molecule has 0 aliphatic heterocycles. The van der Waals surface area contributed by atoms with Gasteiger partial charge in [-0.2, -0.15) is 0 Å². The third-order valence-corrected chi connectivity index (χ3v) is 6.09. The number of benzene rings is 1. The molecule has 0 aliphatic carbocycles. The van der Waals surface area contributed by atoms with Crippen LogP contribution in [0.1, 0.15) is 21.6 Å². The third-order valence-electron chi connectivity index (χ3n) is 2.99. The van der Waals surface area contributed by atoms with Gasteiger partial charge in [0.05, 0.1) is 6.61 Å². The zero-order chi connectivity index (χ0) is 14.8. The van der Waals surface area contributed by atoms with Crippen LogP contribution in [0.15, 0.2) is 34.5 Å². The second-order valence-electron chi connectivity index (χ2n) is 4.64. The molecular weight excluding hydrogens is 294 g/mol. The molecule has 20 heavy (non-hydrogen) atoms. The molecule has 0 fully saturated rings. The molecule has 1 aromatic heterocycles. The Bertz CT molecular complexity index is 688. The van der Waals surface area contributed by atoms with Crippen molar-refractivity contribution in [3.8, 4) is 0 Å². The first-order valence-corrected chi connectivity index (χ1v) is 8.48. The highest BCUT2D eigenvalue weighted by atomic mass is 32.2. The van der Waals surface area contributed by atoms with E-state index in [1.807, 2.05) is 31.2 Å². The van der Waals surface area contributed by atoms with E-state index in [0.29, 0.717) is 4.88 Å². The van der Waals surface area contributed by atoms with Gasteiger partial charge in [0.1, 0.15) is 4.21 Å². The van der Waals surface area contributed by atoms with Crippen LogP contribution in [0.25, 0.3) is 0 Å². The lowest BCUT2D eigenvalue weighted by molar-refractivity contribution is 0.285. The van der Waals surface area contributed by atoms with Crippen LogP contribution < -0.4 is 4.72 Å². The van der Waals surface area contributed by atoms with Gasteiger partial charge < -0.3 is 5.11 Å². The molecule has 0 amide bonds. The lowest BCUT2D eigenvalue weighted by Crippen LogP contribution is -2.22. The standard InChI is InChI=1S/C14H17NO3S2/c1-10-3-5-12(6-4-10)8-15-20(17,18)14-7-11(2)13(9-16)19-14/h3-7,15-16H,8-9H2,1-2H3. The fourth-order valence-electron chi connectivity index (χ4n) is 1.73. The molecule has 6 heteroatoms. The predicted octanol–water partition coefficient (Wildman–Crippen LogP) is 2.34. The van der Waals surface area contributed by atoms with Crippen LogP contribution in [0.5, 0.6) is 0 Å². The van der Waals surface area contributed by atoms with Crippen molar-refractivity contribution >= 4 is 21.4 Å². The minimum absolute atomic E-state index is 0.135. The molecule has 0 saturated carbocycles. The van der Waals surface area contributed by atoms with Gasteiger partial charge in [0.25, 0.3) is 0 Å². The molecule has 0 radical (unpaired) electrons. The molecular formula is C14H17NO3S2. The maximum absolute atomic E-state index is 12.2. The van der Waals surface area contributed by atoms with E-state index in [4.69, 9.17) is 5.11 Å². The maximum atomic E-state index is 12.2. The number of hydrogen-bond acceptors (Lipinski definition) is 4. The minimum Gasteiger partial charge on any atom is -0.391 e. The highest BCUT2D eigenvalue weighted by Gasteiger charge is 2.18. The van der Waals surface area contributed by atoms with E-state index in [1.165, 1.54) is 0 Å². The van der Waals surface area contributed by atoms with Gasteiger partial charge in [0, 0.05) is 11.4 Å². The summed E-state index contributed by atoms with van der Waals surface area (Å²) in [6, 6.07) is 9.28. The molecule has 108 valence electrons. The SMILES string of the molecule is Cc1ccc(CNS(=O)(=O)c2cc(C)c(CO)s2)cc1. The first kappa shape index (κ1) is 15.2. The Balaban J connectivity index is 2.12. The number of aliphatic hydroxyl groups is 1. The van der Waals surface area contributed by atoms with E-state index in [9.17, 15) is 8.42 Å². The van der Waals surface area contributed by atoms with Crippen molar-refractivity contribution in [2.45, 2.75) is 31.2 Å². The molecule has 1 heterocycles. The second-order valence-corrected chi connectivity index (χ2v) is 7.77. The molecule has 0 spiro atoms. The average Bonchev–Trinajstić information content (AvgIpc) is 2.80. The largest absolute Gasteiger partial charge is 0.391 e. The summed E-state index contributed by atoms with van der Waals surface area (Å²) in [7, 11) is -3.52. The fourth-order valence-corrected chi connectivity index (χ4v) is 4.24. The van der Waals surface area contributed by atoms with Gasteiger partial charge in [-0.3, -0.25) is 0 Å². The van der Waals surface area contributed by atoms with Crippen LogP contribution in [-0.2, 0) is 23.2 Å². The van der Waals surface area contributed by atoms with Crippen molar-refractivity contribution in [3.63, 3.8) is 0 Å². The summed E-state index contributed by atoms with van der Waals surface area (Å²) in [5, 5.41) is 9.13. The van der Waals surface area contributed by atoms with Crippen molar-refractivity contribution in [1.82, 2.24) is 4.72 Å². The monoisotopic (exact) mass is 311 g/mol. The Morgan fingerprint density at radius 3 is 2.40 bits per heavy atom. The predicted molar refractivity (Wildman–Crippen MR) is 80.2 cm³/mol. The van der Waals surface area contributed by atoms with Crippen molar-refractivity contribution in [2.75, 3.05) is 0 Å². The number of rotatable bonds is 5. The molecule has 2 rings (SSSR count). The number of sulfonamides is 1. The summed E-state index contributed by atoms with van der Waals surface area (Å²) in [5.74, 6) is 0. The van der Waals surface area contributed by atoms with E-state index in [2.05, 4.69) is 4.72 Å². The van der Waals surface area contributed by atoms with Gasteiger partial charge in [-0.15, -0.1) is 11.3 Å². The molecule has 0 saturated heterocycles. The molecule has 1 aromatic carbocycles. The first-order valence-electron chi connectivity index (χ1n) is 6.18. The van der Waals surface area contributed by atoms with Gasteiger partial charge in [0.2, 0.25) is 10.0 Å². The van der Waals surface area contributed by atoms with Crippen LogP contribution in [0.3, 0.4) is 0 Å². The lowest BCUT2D eigenvalue weighted by atomic mass is 10.2. The van der Waals surface area contributed by atoms with E-state index in [0.717, 1.165) is 28.0 Å². The van der Waals surface area contributed by atoms with Gasteiger partial charge in [-0.25, -0.2) is 13.1 Å². The van der Waals surface area contributed by atoms with Crippen LogP contribution in [0.2, 0.25) is 0 Å². The van der Waals surface area contributed by atoms with Crippen molar-refractivity contribution in [1.29, 1.82) is 0 Å². The van der Waals surface area contributed by atoms with Gasteiger partial charge in [-0.1, -0.05) is 29.8 Å². The number of thiophene rings is 1. The van der Waals surface area contributed by atoms with E-state index in [1.54, 1.807) is 13.0 Å². The first-order chi connectivity index (χ1) is 9.42. The van der Waals surface area contributed by atoms with E-state index >= 15 is 0 Å². The molecule has 0 aliphatic rings. The Hall–Kier alpha value is -1.21. The van der Waals surface area contributed by atoms with Crippen molar-refractivity contribution in [2.24, 2.45) is 0 Å². The Kier molecular flexibility index (Phi) is 4.59. The average molecular weight is 311 g/mol. The summed E-state index contributed by atoms with van der Waals surface area (Å²) in [6.07, 6.45) is 0. The molecule has 0 bridgehead atoms. The highest BCUT2D eigenvalue weighted by Crippen LogP contribution is 2.25. The van der Waals surface area contributed by atoms with Crippen LogP contribution in [-0.4, -0.2) is 13.5 Å². The quantitative estimate of drug-likeness (QED) is 0.890. The summed E-state index contributed by atoms with van der Waals surface area (Å²) >= 11 is 1.10. The lowest BCUT2D eigenvalue weighted by Gasteiger charge is -2.05. The second kappa shape index (κ2) is 6.05. The fraction of sp³-hybridized carbons (Fsp3) is 0.286. The number of hydrogen-bond donors (Lipinski definition) is 2. The van der Waals surface area contributed by atoms with Gasteiger partial charge in [-0.05, 0) is 31.0 Å². The summed E-state index contributed by atoms with van der Waals surface area (Å²) < 4.78 is 27.2. The highest BCUT2D eigenvalue weighted by molar-refractivity contribution is 7.91. The number of aryl methyl sites for hydroxylation is 2. The number of nitrogens with one attached hydrogen (secondary N) is 1. The maximum Gasteiger partial charge on any atom is 0.250 e. The van der Waals surface area contributed by atoms with Gasteiger partial charge in [0.15, 0.2) is 0 Å². The molecule has 2 N–H and O–H groups in total. The molecule has 4 nitrogen and oxygen atoms in total. The molecule has 0 atom stereocenters. The minimum atomic E-state index is -3.52. The van der Waals surface area contributed by atoms with Gasteiger partial charge >= 0.3 is 0 Å². The number of aliphatic hydroxyl groups excluding tert-OH is 1. The summed E-state index contributed by atoms with van der Waals surface area (Å²) in [4.78, 5) is 0.681. The molecule has 2 aromatic rings. The zero-order valence-electron chi connectivity index (χ0n) is 11.4. The van der Waals surface area contributed by atoms with E-state index < -0.39 is 10.0 Å². The van der Waals surface area contributed by atoms with Crippen molar-refractivity contribution < 1.29 is 13.5 Å². The third kappa shape index (κ3) is 3.46. The normalized spacial score (nSPS) is 11.8. The van der Waals surface area contributed by atoms with Crippen LogP contribution >= 0.6 is 11.3 Å². The smallest absolute Gasteiger partial charge is 0.250 e. The topological polar surface area (TPSA) is 66.4 Å². The Morgan fingerprint density at radius 1 is 1.20 bits per heavy atom. The molecule has 0 unspecified atom stereocenters. The Labute approximate surface area is 123 Å². The Morgan fingerprint density at radius 2 is 1.85 bits per heavy atom. The van der Waals surface area contributed by atoms with Crippen molar-refractivity contribution in [3.05, 3.63) is 51.9 Å². The zero-order valence-corrected chi connectivity index (χ0v) is 13.0. The van der Waals surface area contributed by atoms with Crippen LogP contribution in [0.4, 0.5) is 0 Å².